The van der Waals surface area contributed by atoms with Gasteiger partial charge in [0.1, 0.15) is 23.5 Å². The van der Waals surface area contributed by atoms with Crippen molar-refractivity contribution in [3.05, 3.63) is 47.4 Å². The number of amides is 1. The van der Waals surface area contributed by atoms with Gasteiger partial charge in [0.25, 0.3) is 5.91 Å². The largest absolute Gasteiger partial charge is 0.383 e. The number of ether oxygens (including phenoxy) is 2. The number of nitrogens with zero attached hydrogens (tertiary/aromatic N) is 4. The molecule has 0 atom stereocenters. The number of rotatable bonds is 6. The highest BCUT2D eigenvalue weighted by Gasteiger charge is 2.43. The van der Waals surface area contributed by atoms with Crippen LogP contribution in [-0.2, 0) is 21.6 Å². The zero-order valence-corrected chi connectivity index (χ0v) is 20.1. The van der Waals surface area contributed by atoms with Crippen LogP contribution < -0.4 is 11.1 Å². The third-order valence-corrected chi connectivity index (χ3v) is 6.66. The third-order valence-electron chi connectivity index (χ3n) is 6.66. The molecule has 5 rings (SSSR count). The Morgan fingerprint density at radius 3 is 2.66 bits per heavy atom. The first kappa shape index (κ1) is 23.3. The molecule has 0 bridgehead atoms. The Labute approximate surface area is 204 Å². The van der Waals surface area contributed by atoms with Crippen molar-refractivity contribution in [3.63, 3.8) is 0 Å². The smallest absolute Gasteiger partial charge is 0.259 e. The Hall–Kier alpha value is -3.45. The fourth-order valence-corrected chi connectivity index (χ4v) is 4.44. The molecular formula is C26H30N6O3. The van der Waals surface area contributed by atoms with Crippen molar-refractivity contribution < 1.29 is 14.3 Å². The fourth-order valence-electron chi connectivity index (χ4n) is 4.44. The molecule has 3 N–H and O–H groups in total. The van der Waals surface area contributed by atoms with Gasteiger partial charge >= 0.3 is 0 Å². The van der Waals surface area contributed by atoms with E-state index in [1.807, 2.05) is 24.3 Å². The number of hydrogen-bond donors (Lipinski definition) is 2. The van der Waals surface area contributed by atoms with E-state index in [0.717, 1.165) is 31.5 Å². The molecule has 182 valence electrons. The summed E-state index contributed by atoms with van der Waals surface area (Å²) in [7, 11) is 1.65. The number of nitrogens with one attached hydrogen (secondary N) is 1. The maximum absolute atomic E-state index is 13.7. The predicted molar refractivity (Wildman–Crippen MR) is 134 cm³/mol. The van der Waals surface area contributed by atoms with Crippen LogP contribution in [0.15, 0.2) is 30.6 Å². The molecule has 3 heterocycles. The molecule has 1 saturated carbocycles. The minimum atomic E-state index is -0.283. The number of aromatic nitrogens is 3. The first-order valence-electron chi connectivity index (χ1n) is 11.8. The van der Waals surface area contributed by atoms with Crippen LogP contribution in [0.1, 0.15) is 41.4 Å². The molecule has 0 unspecified atom stereocenters. The molecule has 1 saturated heterocycles. The number of morpholine rings is 1. The molecule has 0 radical (unpaired) electrons. The van der Waals surface area contributed by atoms with Crippen LogP contribution in [0.2, 0.25) is 0 Å². The summed E-state index contributed by atoms with van der Waals surface area (Å²) in [6.45, 7) is 6.39. The van der Waals surface area contributed by atoms with Crippen molar-refractivity contribution in [1.29, 1.82) is 0 Å². The van der Waals surface area contributed by atoms with Crippen LogP contribution in [0.4, 0.5) is 11.5 Å². The fraction of sp³-hybridized carbons (Fsp3) is 0.423. The Kier molecular flexibility index (Phi) is 6.43. The van der Waals surface area contributed by atoms with Gasteiger partial charge in [-0.05, 0) is 43.4 Å². The van der Waals surface area contributed by atoms with Gasteiger partial charge in [-0.1, -0.05) is 18.1 Å². The summed E-state index contributed by atoms with van der Waals surface area (Å²) in [4.78, 5) is 24.7. The second-order valence-electron chi connectivity index (χ2n) is 9.29. The van der Waals surface area contributed by atoms with Crippen molar-refractivity contribution in [3.8, 4) is 11.8 Å². The number of fused-ring (bicyclic) bond motifs is 1. The molecule has 35 heavy (non-hydrogen) atoms. The van der Waals surface area contributed by atoms with Gasteiger partial charge < -0.3 is 25.1 Å². The molecule has 2 fully saturated rings. The number of hydrogen-bond acceptors (Lipinski definition) is 7. The molecule has 1 aliphatic heterocycles. The predicted octanol–water partition coefficient (Wildman–Crippen LogP) is 2.60. The van der Waals surface area contributed by atoms with E-state index in [0.29, 0.717) is 54.3 Å². The summed E-state index contributed by atoms with van der Waals surface area (Å²) in [5.41, 5.74) is 9.55. The van der Waals surface area contributed by atoms with Crippen LogP contribution in [0.25, 0.3) is 11.0 Å². The van der Waals surface area contributed by atoms with E-state index in [1.165, 1.54) is 6.33 Å². The Balaban J connectivity index is 1.56. The highest BCUT2D eigenvalue weighted by atomic mass is 16.5. The lowest BCUT2D eigenvalue weighted by molar-refractivity contribution is 0.0443. The minimum Gasteiger partial charge on any atom is -0.383 e. The molecule has 1 aliphatic carbocycles. The summed E-state index contributed by atoms with van der Waals surface area (Å²) in [6, 6.07) is 7.57. The molecule has 3 aromatic rings. The van der Waals surface area contributed by atoms with Gasteiger partial charge in [0, 0.05) is 31.4 Å². The average Bonchev–Trinajstić information content (AvgIpc) is 3.50. The normalized spacial score (nSPS) is 17.1. The maximum atomic E-state index is 13.7. The third kappa shape index (κ3) is 4.73. The average molecular weight is 475 g/mol. The quantitative estimate of drug-likeness (QED) is 0.529. The molecule has 2 aromatic heterocycles. The highest BCUT2D eigenvalue weighted by molar-refractivity contribution is 6.16. The standard InChI is InChI=1S/C26H30N6O3/c1-26(9-10-26)32-20(4-3-11-31-12-14-35-15-13-31)21(22-23(27)28-17-29-24(22)32)25(33)30-19-7-5-18(6-8-19)16-34-2/h5-8,17H,9-16H2,1-2H3,(H,30,33)(H2,27,28,29). The zero-order valence-electron chi connectivity index (χ0n) is 20.1. The number of nitrogen functional groups attached to an aromatic ring is 1. The number of nitrogens with two attached hydrogens (primary N) is 1. The summed E-state index contributed by atoms with van der Waals surface area (Å²) >= 11 is 0. The molecule has 9 nitrogen and oxygen atoms in total. The second kappa shape index (κ2) is 9.66. The van der Waals surface area contributed by atoms with E-state index in [-0.39, 0.29) is 17.3 Å². The van der Waals surface area contributed by atoms with Crippen molar-refractivity contribution >= 4 is 28.4 Å². The van der Waals surface area contributed by atoms with Gasteiger partial charge in [-0.2, -0.15) is 0 Å². The summed E-state index contributed by atoms with van der Waals surface area (Å²) < 4.78 is 12.7. The van der Waals surface area contributed by atoms with Crippen molar-refractivity contribution in [1.82, 2.24) is 19.4 Å². The number of anilines is 2. The van der Waals surface area contributed by atoms with E-state index >= 15 is 0 Å². The number of methoxy groups -OCH3 is 1. The van der Waals surface area contributed by atoms with Gasteiger partial charge in [-0.15, -0.1) is 0 Å². The Morgan fingerprint density at radius 2 is 1.97 bits per heavy atom. The molecule has 1 amide bonds. The van der Waals surface area contributed by atoms with Gasteiger partial charge in [0.15, 0.2) is 0 Å². The molecule has 0 spiro atoms. The van der Waals surface area contributed by atoms with Crippen molar-refractivity contribution in [2.45, 2.75) is 31.9 Å². The number of carbonyl (C=O) groups excluding carboxylic acids is 1. The molecule has 2 aliphatic rings. The maximum Gasteiger partial charge on any atom is 0.259 e. The number of carbonyl (C=O) groups is 1. The Morgan fingerprint density at radius 1 is 1.23 bits per heavy atom. The molecular weight excluding hydrogens is 444 g/mol. The van der Waals surface area contributed by atoms with Gasteiger partial charge in [0.05, 0.1) is 37.3 Å². The van der Waals surface area contributed by atoms with E-state index in [9.17, 15) is 4.79 Å². The summed E-state index contributed by atoms with van der Waals surface area (Å²) in [5, 5.41) is 3.56. The van der Waals surface area contributed by atoms with Crippen LogP contribution in [0.3, 0.4) is 0 Å². The SMILES string of the molecule is COCc1ccc(NC(=O)c2c(C#CCN3CCOCC3)n(C3(C)CC3)c3ncnc(N)c23)cc1. The lowest BCUT2D eigenvalue weighted by atomic mass is 10.1. The van der Waals surface area contributed by atoms with Gasteiger partial charge in [0.2, 0.25) is 0 Å². The minimum absolute atomic E-state index is 0.150. The van der Waals surface area contributed by atoms with Crippen LogP contribution in [-0.4, -0.2) is 65.3 Å². The molecule has 9 heteroatoms. The lowest BCUT2D eigenvalue weighted by Gasteiger charge is -2.24. The van der Waals surface area contributed by atoms with Crippen LogP contribution in [0.5, 0.6) is 0 Å². The van der Waals surface area contributed by atoms with E-state index in [4.69, 9.17) is 15.2 Å². The first-order valence-corrected chi connectivity index (χ1v) is 11.8. The van der Waals surface area contributed by atoms with E-state index in [2.05, 4.69) is 43.5 Å². The van der Waals surface area contributed by atoms with E-state index in [1.54, 1.807) is 7.11 Å². The monoisotopic (exact) mass is 474 g/mol. The van der Waals surface area contributed by atoms with Gasteiger partial charge in [-0.3, -0.25) is 9.69 Å². The van der Waals surface area contributed by atoms with Crippen molar-refractivity contribution in [2.75, 3.05) is 51.0 Å². The van der Waals surface area contributed by atoms with Crippen molar-refractivity contribution in [2.24, 2.45) is 0 Å². The first-order chi connectivity index (χ1) is 17.0. The van der Waals surface area contributed by atoms with E-state index < -0.39 is 0 Å². The van der Waals surface area contributed by atoms with Crippen LogP contribution >= 0.6 is 0 Å². The lowest BCUT2D eigenvalue weighted by Crippen LogP contribution is -2.36. The molecule has 1 aromatic carbocycles. The number of benzene rings is 1. The Bertz CT molecular complexity index is 1290. The summed E-state index contributed by atoms with van der Waals surface area (Å²) in [5.74, 6) is 6.59. The summed E-state index contributed by atoms with van der Waals surface area (Å²) in [6.07, 6.45) is 3.42. The zero-order chi connectivity index (χ0) is 24.4. The van der Waals surface area contributed by atoms with Crippen LogP contribution in [0, 0.1) is 11.8 Å². The second-order valence-corrected chi connectivity index (χ2v) is 9.29. The highest BCUT2D eigenvalue weighted by Crippen LogP contribution is 2.47. The topological polar surface area (TPSA) is 108 Å². The van der Waals surface area contributed by atoms with Gasteiger partial charge in [-0.25, -0.2) is 9.97 Å².